The highest BCUT2D eigenvalue weighted by molar-refractivity contribution is 6.08. The first kappa shape index (κ1) is 17.3. The third-order valence-electron chi connectivity index (χ3n) is 5.07. The van der Waals surface area contributed by atoms with Crippen molar-refractivity contribution in [2.75, 3.05) is 13.1 Å². The van der Waals surface area contributed by atoms with Crippen LogP contribution in [0.3, 0.4) is 0 Å². The zero-order chi connectivity index (χ0) is 17.8. The van der Waals surface area contributed by atoms with Gasteiger partial charge in [0.15, 0.2) is 0 Å². The smallest absolute Gasteiger partial charge is 0.260 e. The molecule has 0 saturated heterocycles. The van der Waals surface area contributed by atoms with Gasteiger partial charge >= 0.3 is 0 Å². The number of hydrogen-bond donors (Lipinski definition) is 0. The second-order valence-electron chi connectivity index (χ2n) is 6.66. The number of benzene rings is 1. The summed E-state index contributed by atoms with van der Waals surface area (Å²) in [5.41, 5.74) is 1.43. The molecule has 0 atom stereocenters. The molecule has 25 heavy (non-hydrogen) atoms. The Balaban J connectivity index is 1.67. The van der Waals surface area contributed by atoms with Crippen LogP contribution in [0.2, 0.25) is 0 Å². The van der Waals surface area contributed by atoms with Crippen molar-refractivity contribution in [1.29, 1.82) is 0 Å². The zero-order valence-corrected chi connectivity index (χ0v) is 14.1. The summed E-state index contributed by atoms with van der Waals surface area (Å²) in [4.78, 5) is 50.9. The summed E-state index contributed by atoms with van der Waals surface area (Å²) in [5, 5.41) is 0. The molecule has 1 aliphatic carbocycles. The lowest BCUT2D eigenvalue weighted by atomic mass is 9.88. The molecule has 1 heterocycles. The molecule has 0 radical (unpaired) electrons. The number of hydrogen-bond acceptors (Lipinski definition) is 4. The van der Waals surface area contributed by atoms with Gasteiger partial charge in [-0.25, -0.2) is 0 Å². The van der Waals surface area contributed by atoms with E-state index in [0.29, 0.717) is 18.4 Å². The highest BCUT2D eigenvalue weighted by atomic mass is 16.2. The Morgan fingerprint density at radius 3 is 2.60 bits per heavy atom. The SMILES string of the molecule is O=CN(CC(=O)N1CCc2ccccc2C1=O)C(=O)C1CCCCC1. The molecule has 1 fully saturated rings. The predicted octanol–water partition coefficient (Wildman–Crippen LogP) is 1.78. The second-order valence-corrected chi connectivity index (χ2v) is 6.66. The maximum absolute atomic E-state index is 12.5. The summed E-state index contributed by atoms with van der Waals surface area (Å²) in [6.07, 6.45) is 5.56. The average Bonchev–Trinajstić information content (AvgIpc) is 2.66. The van der Waals surface area contributed by atoms with E-state index in [4.69, 9.17) is 0 Å². The van der Waals surface area contributed by atoms with E-state index in [-0.39, 0.29) is 30.8 Å². The quantitative estimate of drug-likeness (QED) is 0.782. The van der Waals surface area contributed by atoms with Gasteiger partial charge < -0.3 is 0 Å². The van der Waals surface area contributed by atoms with E-state index in [1.165, 1.54) is 0 Å². The lowest BCUT2D eigenvalue weighted by molar-refractivity contribution is -0.147. The number of carbonyl (C=O) groups excluding carboxylic acids is 4. The van der Waals surface area contributed by atoms with Crippen LogP contribution >= 0.6 is 0 Å². The van der Waals surface area contributed by atoms with Gasteiger partial charge in [-0.1, -0.05) is 37.5 Å². The molecule has 0 N–H and O–H groups in total. The molecule has 4 amide bonds. The van der Waals surface area contributed by atoms with Gasteiger partial charge in [0.05, 0.1) is 0 Å². The van der Waals surface area contributed by atoms with Crippen LogP contribution in [0.5, 0.6) is 0 Å². The molecule has 1 aromatic rings. The van der Waals surface area contributed by atoms with Crippen LogP contribution in [0.15, 0.2) is 24.3 Å². The fourth-order valence-electron chi connectivity index (χ4n) is 3.65. The topological polar surface area (TPSA) is 74.8 Å². The van der Waals surface area contributed by atoms with Crippen LogP contribution < -0.4 is 0 Å². The van der Waals surface area contributed by atoms with Crippen molar-refractivity contribution in [1.82, 2.24) is 9.80 Å². The predicted molar refractivity (Wildman–Crippen MR) is 90.5 cm³/mol. The third-order valence-corrected chi connectivity index (χ3v) is 5.07. The summed E-state index contributed by atoms with van der Waals surface area (Å²) >= 11 is 0. The number of amides is 4. The molecular weight excluding hydrogens is 320 g/mol. The molecule has 0 unspecified atom stereocenters. The normalized spacial score (nSPS) is 17.8. The summed E-state index contributed by atoms with van der Waals surface area (Å²) in [6, 6.07) is 7.19. The Labute approximate surface area is 146 Å². The number of imide groups is 2. The maximum atomic E-state index is 12.5. The van der Waals surface area contributed by atoms with Crippen molar-refractivity contribution in [3.8, 4) is 0 Å². The minimum atomic E-state index is -0.504. The third kappa shape index (κ3) is 3.62. The van der Waals surface area contributed by atoms with E-state index in [2.05, 4.69) is 0 Å². The van der Waals surface area contributed by atoms with Gasteiger partial charge in [0.1, 0.15) is 6.54 Å². The van der Waals surface area contributed by atoms with Crippen molar-refractivity contribution >= 4 is 24.1 Å². The summed E-state index contributed by atoms with van der Waals surface area (Å²) < 4.78 is 0. The lowest BCUT2D eigenvalue weighted by Gasteiger charge is -2.29. The largest absolute Gasteiger partial charge is 0.278 e. The van der Waals surface area contributed by atoms with Gasteiger partial charge in [-0.05, 0) is 30.9 Å². The standard InChI is InChI=1S/C19H22N2O4/c22-13-20(18(24)15-7-2-1-3-8-15)12-17(23)21-11-10-14-6-4-5-9-16(14)19(21)25/h4-6,9,13,15H,1-3,7-8,10-12H2. The van der Waals surface area contributed by atoms with Crippen LogP contribution in [-0.2, 0) is 20.8 Å². The van der Waals surface area contributed by atoms with E-state index in [9.17, 15) is 19.2 Å². The van der Waals surface area contributed by atoms with Crippen molar-refractivity contribution in [2.45, 2.75) is 38.5 Å². The summed E-state index contributed by atoms with van der Waals surface area (Å²) in [6.45, 7) is -0.0915. The first-order chi connectivity index (χ1) is 12.1. The molecule has 6 nitrogen and oxygen atoms in total. The summed E-state index contributed by atoms with van der Waals surface area (Å²) in [5.74, 6) is -1.35. The van der Waals surface area contributed by atoms with Crippen LogP contribution in [0, 0.1) is 5.92 Å². The van der Waals surface area contributed by atoms with Crippen LogP contribution in [0.1, 0.15) is 48.0 Å². The molecule has 6 heteroatoms. The zero-order valence-electron chi connectivity index (χ0n) is 14.1. The van der Waals surface area contributed by atoms with Gasteiger partial charge in [-0.3, -0.25) is 29.0 Å². The van der Waals surface area contributed by atoms with Gasteiger partial charge in [-0.15, -0.1) is 0 Å². The minimum Gasteiger partial charge on any atom is -0.278 e. The molecule has 1 aliphatic heterocycles. The highest BCUT2D eigenvalue weighted by Crippen LogP contribution is 2.25. The van der Waals surface area contributed by atoms with Crippen molar-refractivity contribution < 1.29 is 19.2 Å². The van der Waals surface area contributed by atoms with Crippen molar-refractivity contribution in [2.24, 2.45) is 5.92 Å². The van der Waals surface area contributed by atoms with E-state index >= 15 is 0 Å². The minimum absolute atomic E-state index is 0.190. The molecule has 1 aromatic carbocycles. The van der Waals surface area contributed by atoms with Crippen LogP contribution in [0.4, 0.5) is 0 Å². The van der Waals surface area contributed by atoms with Gasteiger partial charge in [-0.2, -0.15) is 0 Å². The van der Waals surface area contributed by atoms with Crippen LogP contribution in [0.25, 0.3) is 0 Å². The molecule has 3 rings (SSSR count). The van der Waals surface area contributed by atoms with E-state index in [0.717, 1.165) is 47.5 Å². The molecule has 0 aromatic heterocycles. The van der Waals surface area contributed by atoms with Gasteiger partial charge in [0.2, 0.25) is 18.2 Å². The number of carbonyl (C=O) groups is 4. The van der Waals surface area contributed by atoms with Crippen molar-refractivity contribution in [3.63, 3.8) is 0 Å². The first-order valence-corrected chi connectivity index (χ1v) is 8.80. The van der Waals surface area contributed by atoms with E-state index in [1.54, 1.807) is 12.1 Å². The van der Waals surface area contributed by atoms with Gasteiger partial charge in [0, 0.05) is 18.0 Å². The Hall–Kier alpha value is -2.50. The fraction of sp³-hybridized carbons (Fsp3) is 0.474. The average molecular weight is 342 g/mol. The molecule has 132 valence electrons. The molecule has 0 bridgehead atoms. The highest BCUT2D eigenvalue weighted by Gasteiger charge is 2.32. The molecule has 0 spiro atoms. The molecule has 2 aliphatic rings. The lowest BCUT2D eigenvalue weighted by Crippen LogP contribution is -2.48. The Morgan fingerprint density at radius 2 is 1.88 bits per heavy atom. The Kier molecular flexibility index (Phi) is 5.26. The molecule has 1 saturated carbocycles. The monoisotopic (exact) mass is 342 g/mol. The number of fused-ring (bicyclic) bond motifs is 1. The maximum Gasteiger partial charge on any atom is 0.260 e. The second kappa shape index (κ2) is 7.59. The number of nitrogens with zero attached hydrogens (tertiary/aromatic N) is 2. The van der Waals surface area contributed by atoms with Crippen LogP contribution in [-0.4, -0.2) is 47.0 Å². The summed E-state index contributed by atoms with van der Waals surface area (Å²) in [7, 11) is 0. The van der Waals surface area contributed by atoms with Crippen molar-refractivity contribution in [3.05, 3.63) is 35.4 Å². The Morgan fingerprint density at radius 1 is 1.16 bits per heavy atom. The molecular formula is C19H22N2O4. The fourth-order valence-corrected chi connectivity index (χ4v) is 3.65. The first-order valence-electron chi connectivity index (χ1n) is 8.80. The number of rotatable bonds is 4. The van der Waals surface area contributed by atoms with Gasteiger partial charge in [0.25, 0.3) is 5.91 Å². The Bertz CT molecular complexity index is 694. The van der Waals surface area contributed by atoms with E-state index in [1.807, 2.05) is 12.1 Å². The van der Waals surface area contributed by atoms with E-state index < -0.39 is 5.91 Å².